The highest BCUT2D eigenvalue weighted by atomic mass is 35.5. The number of hydrogen-bond donors (Lipinski definition) is 2. The molecule has 2 heterocycles. The molecular weight excluding hydrogens is 530 g/mol. The molecule has 1 amide bonds. The van der Waals surface area contributed by atoms with Crippen LogP contribution in [0.4, 0.5) is 5.69 Å². The van der Waals surface area contributed by atoms with Crippen LogP contribution >= 0.6 is 22.9 Å². The first kappa shape index (κ1) is 24.9. The van der Waals surface area contributed by atoms with Crippen LogP contribution in [0.3, 0.4) is 0 Å². The maximum absolute atomic E-state index is 13.7. The Hall–Kier alpha value is -1.76. The molecule has 35 heavy (non-hydrogen) atoms. The normalized spacial score (nSPS) is 21.1. The number of carbonyl (C=O) groups is 1. The number of carbonyl (C=O) groups excluding carboxylic acids is 1. The van der Waals surface area contributed by atoms with Gasteiger partial charge in [0.2, 0.25) is 0 Å². The van der Waals surface area contributed by atoms with Gasteiger partial charge < -0.3 is 14.6 Å². The van der Waals surface area contributed by atoms with Crippen molar-refractivity contribution in [3.8, 4) is 0 Å². The first-order valence-corrected chi connectivity index (χ1v) is 15.3. The second-order valence-electron chi connectivity index (χ2n) is 8.97. The van der Waals surface area contributed by atoms with E-state index in [1.807, 2.05) is 0 Å². The van der Waals surface area contributed by atoms with Crippen molar-refractivity contribution < 1.29 is 22.0 Å². The summed E-state index contributed by atoms with van der Waals surface area (Å²) in [7, 11) is -3.91. The van der Waals surface area contributed by atoms with Crippen molar-refractivity contribution in [3.05, 3.63) is 56.6 Å². The fourth-order valence-electron chi connectivity index (χ4n) is 5.47. The molecule has 8 nitrogen and oxygen atoms in total. The van der Waals surface area contributed by atoms with Crippen molar-refractivity contribution in [3.63, 3.8) is 0 Å². The minimum absolute atomic E-state index is 0.0697. The van der Waals surface area contributed by atoms with Crippen molar-refractivity contribution in [1.29, 1.82) is 0 Å². The third kappa shape index (κ3) is 4.82. The van der Waals surface area contributed by atoms with Crippen LogP contribution in [0.5, 0.6) is 0 Å². The van der Waals surface area contributed by atoms with Crippen molar-refractivity contribution >= 4 is 55.8 Å². The lowest BCUT2D eigenvalue weighted by atomic mass is 9.98. The van der Waals surface area contributed by atoms with E-state index >= 15 is 0 Å². The Kier molecular flexibility index (Phi) is 7.08. The third-order valence-corrected chi connectivity index (χ3v) is 10.9. The van der Waals surface area contributed by atoms with Crippen LogP contribution in [0.25, 0.3) is 0 Å². The summed E-state index contributed by atoms with van der Waals surface area (Å²) in [6.07, 6.45) is 7.82. The largest absolute Gasteiger partial charge is 0.755 e. The summed E-state index contributed by atoms with van der Waals surface area (Å²) in [5.74, 6) is -0.492. The van der Waals surface area contributed by atoms with Crippen molar-refractivity contribution in [2.24, 2.45) is 0 Å². The highest BCUT2D eigenvalue weighted by Gasteiger charge is 2.40. The van der Waals surface area contributed by atoms with Gasteiger partial charge in [-0.1, -0.05) is 17.7 Å². The molecule has 0 bridgehead atoms. The molecule has 1 fully saturated rings. The Morgan fingerprint density at radius 1 is 1.14 bits per heavy atom. The van der Waals surface area contributed by atoms with Crippen LogP contribution in [0.1, 0.15) is 47.9 Å². The SMILES string of the molecule is O=C(Nc1c2c(cc3c1CCC3)CCC2)C(=CNS(=O)[O-])C1CCCN1S(=O)(=O)c1ccc(Cl)s1. The smallest absolute Gasteiger partial charge is 0.254 e. The fraction of sp³-hybridized carbons (Fsp3) is 0.435. The van der Waals surface area contributed by atoms with Gasteiger partial charge in [-0.2, -0.15) is 4.31 Å². The molecule has 1 aromatic heterocycles. The molecule has 3 aliphatic rings. The number of halogens is 1. The van der Waals surface area contributed by atoms with Gasteiger partial charge in [0.25, 0.3) is 15.9 Å². The molecule has 0 saturated carbocycles. The molecule has 0 spiro atoms. The molecule has 1 saturated heterocycles. The van der Waals surface area contributed by atoms with Gasteiger partial charge in [0.1, 0.15) is 4.21 Å². The minimum Gasteiger partial charge on any atom is -0.755 e. The highest BCUT2D eigenvalue weighted by Crippen LogP contribution is 2.40. The Morgan fingerprint density at radius 3 is 2.43 bits per heavy atom. The van der Waals surface area contributed by atoms with Gasteiger partial charge in [-0.3, -0.25) is 9.00 Å². The summed E-state index contributed by atoms with van der Waals surface area (Å²) in [6, 6.07) is 4.42. The van der Waals surface area contributed by atoms with Gasteiger partial charge in [-0.15, -0.1) is 11.3 Å². The lowest BCUT2D eigenvalue weighted by molar-refractivity contribution is -0.113. The molecule has 0 radical (unpaired) electrons. The topological polar surface area (TPSA) is 119 Å². The van der Waals surface area contributed by atoms with E-state index in [1.165, 1.54) is 27.6 Å². The molecule has 2 aliphatic carbocycles. The summed E-state index contributed by atoms with van der Waals surface area (Å²) in [5, 5.41) is 3.07. The number of nitrogens with zero attached hydrogens (tertiary/aromatic N) is 1. The average Bonchev–Trinajstić information content (AvgIpc) is 3.60. The van der Waals surface area contributed by atoms with E-state index in [4.69, 9.17) is 11.6 Å². The van der Waals surface area contributed by atoms with Gasteiger partial charge in [-0.05, 0) is 85.8 Å². The standard InChI is InChI=1S/C23H26ClN3O5S3/c24-20-9-10-21(33-20)35(31,32)27-11-3-8-19(27)18(13-25-34(29)30)23(28)26-22-16-6-1-4-14(16)12-15-5-2-7-17(15)22/h9-10,12-13,19,25H,1-8,11H2,(H,26,28)(H,29,30)/p-1. The molecular formula is C23H25ClN3O5S3-. The summed E-state index contributed by atoms with van der Waals surface area (Å²) in [4.78, 5) is 13.7. The van der Waals surface area contributed by atoms with E-state index in [0.717, 1.165) is 72.9 Å². The molecule has 5 rings (SSSR count). The number of amides is 1. The number of sulfonamides is 1. The summed E-state index contributed by atoms with van der Waals surface area (Å²) in [6.45, 7) is 0.226. The number of fused-ring (bicyclic) bond motifs is 2. The Labute approximate surface area is 216 Å². The van der Waals surface area contributed by atoms with Crippen LogP contribution in [0.15, 0.2) is 34.2 Å². The Balaban J connectivity index is 1.50. The zero-order valence-corrected chi connectivity index (χ0v) is 22.0. The fourth-order valence-corrected chi connectivity index (χ4v) is 8.98. The van der Waals surface area contributed by atoms with Gasteiger partial charge in [0.05, 0.1) is 16.0 Å². The average molecular weight is 555 g/mol. The van der Waals surface area contributed by atoms with E-state index < -0.39 is 33.2 Å². The molecule has 2 atom stereocenters. The van der Waals surface area contributed by atoms with Crippen molar-refractivity contribution in [2.75, 3.05) is 11.9 Å². The van der Waals surface area contributed by atoms with Crippen LogP contribution in [-0.4, -0.2) is 40.0 Å². The molecule has 1 aromatic carbocycles. The lowest BCUT2D eigenvalue weighted by Crippen LogP contribution is -2.40. The third-order valence-electron chi connectivity index (χ3n) is 6.96. The maximum Gasteiger partial charge on any atom is 0.254 e. The summed E-state index contributed by atoms with van der Waals surface area (Å²) < 4.78 is 53.2. The van der Waals surface area contributed by atoms with Gasteiger partial charge in [-0.25, -0.2) is 8.42 Å². The van der Waals surface area contributed by atoms with Crippen molar-refractivity contribution in [2.45, 2.75) is 61.6 Å². The second-order valence-corrected chi connectivity index (χ2v) is 13.5. The number of hydrogen-bond acceptors (Lipinski definition) is 6. The molecule has 2 unspecified atom stereocenters. The maximum atomic E-state index is 13.7. The highest BCUT2D eigenvalue weighted by molar-refractivity contribution is 7.91. The number of nitrogens with one attached hydrogen (secondary N) is 2. The molecule has 12 heteroatoms. The summed E-state index contributed by atoms with van der Waals surface area (Å²) >= 11 is 4.27. The predicted octanol–water partition coefficient (Wildman–Crippen LogP) is 3.44. The number of anilines is 1. The predicted molar refractivity (Wildman–Crippen MR) is 136 cm³/mol. The van der Waals surface area contributed by atoms with Crippen LogP contribution in [-0.2, 0) is 51.8 Å². The zero-order chi connectivity index (χ0) is 24.7. The number of rotatable bonds is 7. The Morgan fingerprint density at radius 2 is 1.83 bits per heavy atom. The molecule has 2 N–H and O–H groups in total. The van der Waals surface area contributed by atoms with E-state index in [2.05, 4.69) is 16.1 Å². The van der Waals surface area contributed by atoms with E-state index in [0.29, 0.717) is 17.2 Å². The summed E-state index contributed by atoms with van der Waals surface area (Å²) in [5.41, 5.74) is 5.69. The van der Waals surface area contributed by atoms with E-state index in [9.17, 15) is 22.0 Å². The van der Waals surface area contributed by atoms with E-state index in [-0.39, 0.29) is 16.3 Å². The first-order chi connectivity index (χ1) is 16.8. The van der Waals surface area contributed by atoms with Crippen LogP contribution in [0.2, 0.25) is 4.34 Å². The molecule has 188 valence electrons. The Bertz CT molecular complexity index is 1310. The molecule has 2 aromatic rings. The minimum atomic E-state index is -3.91. The monoisotopic (exact) mass is 554 g/mol. The number of aryl methyl sites for hydroxylation is 2. The first-order valence-electron chi connectivity index (χ1n) is 11.6. The van der Waals surface area contributed by atoms with E-state index in [1.54, 1.807) is 0 Å². The van der Waals surface area contributed by atoms with Crippen LogP contribution in [0, 0.1) is 0 Å². The number of benzene rings is 1. The zero-order valence-electron chi connectivity index (χ0n) is 18.8. The molecule has 1 aliphatic heterocycles. The van der Waals surface area contributed by atoms with Gasteiger partial charge in [0, 0.05) is 29.7 Å². The number of thiophene rings is 1. The second kappa shape index (κ2) is 9.95. The quantitative estimate of drug-likeness (QED) is 0.401. The van der Waals surface area contributed by atoms with Gasteiger partial charge in [0.15, 0.2) is 0 Å². The lowest BCUT2D eigenvalue weighted by Gasteiger charge is -2.26. The van der Waals surface area contributed by atoms with Crippen molar-refractivity contribution in [1.82, 2.24) is 9.03 Å². The van der Waals surface area contributed by atoms with Gasteiger partial charge >= 0.3 is 0 Å². The van der Waals surface area contributed by atoms with Crippen LogP contribution < -0.4 is 10.0 Å².